The van der Waals surface area contributed by atoms with Crippen LogP contribution < -0.4 is 4.74 Å². The van der Waals surface area contributed by atoms with E-state index in [1.165, 1.54) is 18.1 Å². The van der Waals surface area contributed by atoms with Crippen molar-refractivity contribution in [3.8, 4) is 11.5 Å². The van der Waals surface area contributed by atoms with E-state index in [2.05, 4.69) is 13.8 Å². The van der Waals surface area contributed by atoms with Crippen LogP contribution in [0.3, 0.4) is 0 Å². The van der Waals surface area contributed by atoms with Gasteiger partial charge in [-0.3, -0.25) is 4.79 Å². The molecule has 0 spiro atoms. The zero-order valence-electron chi connectivity index (χ0n) is 13.2. The summed E-state index contributed by atoms with van der Waals surface area (Å²) < 4.78 is 5.08. The molecule has 0 saturated carbocycles. The summed E-state index contributed by atoms with van der Waals surface area (Å²) in [5.41, 5.74) is 2.35. The predicted molar refractivity (Wildman–Crippen MR) is 87.2 cm³/mol. The Balaban J connectivity index is 2.28. The van der Waals surface area contributed by atoms with Crippen LogP contribution in [0.4, 0.5) is 0 Å². The average molecular weight is 298 g/mol. The van der Waals surface area contributed by atoms with E-state index < -0.39 is 0 Å². The molecule has 3 heteroatoms. The average Bonchev–Trinajstić information content (AvgIpc) is 2.46. The van der Waals surface area contributed by atoms with E-state index in [0.29, 0.717) is 11.7 Å². The van der Waals surface area contributed by atoms with Crippen molar-refractivity contribution in [1.82, 2.24) is 0 Å². The van der Waals surface area contributed by atoms with Crippen LogP contribution in [0.15, 0.2) is 48.5 Å². The number of aromatic hydroxyl groups is 1. The highest BCUT2D eigenvalue weighted by Crippen LogP contribution is 2.32. The molecule has 0 fully saturated rings. The molecule has 2 aromatic carbocycles. The fourth-order valence-electron chi connectivity index (χ4n) is 2.58. The first-order valence-corrected chi connectivity index (χ1v) is 7.53. The van der Waals surface area contributed by atoms with Gasteiger partial charge in [-0.2, -0.15) is 0 Å². The quantitative estimate of drug-likeness (QED) is 0.653. The molecule has 1 atom stereocenters. The first-order valence-electron chi connectivity index (χ1n) is 7.53. The molecule has 2 rings (SSSR count). The van der Waals surface area contributed by atoms with Gasteiger partial charge in [-0.25, -0.2) is 0 Å². The molecule has 0 heterocycles. The number of phenols is 1. The molecule has 0 aliphatic heterocycles. The Hall–Kier alpha value is -2.29. The van der Waals surface area contributed by atoms with Crippen LogP contribution in [-0.2, 0) is 4.79 Å². The largest absolute Gasteiger partial charge is 0.508 e. The van der Waals surface area contributed by atoms with Crippen molar-refractivity contribution in [2.75, 3.05) is 0 Å². The summed E-state index contributed by atoms with van der Waals surface area (Å²) in [6, 6.07) is 15.0. The molecular formula is C19H22O3. The lowest BCUT2D eigenvalue weighted by molar-refractivity contribution is -0.131. The highest BCUT2D eigenvalue weighted by atomic mass is 16.5. The van der Waals surface area contributed by atoms with Crippen molar-refractivity contribution in [2.24, 2.45) is 5.92 Å². The van der Waals surface area contributed by atoms with Gasteiger partial charge in [-0.05, 0) is 47.7 Å². The number of carbonyl (C=O) groups excluding carboxylic acids is 1. The number of hydrogen-bond donors (Lipinski definition) is 1. The summed E-state index contributed by atoms with van der Waals surface area (Å²) >= 11 is 0. The number of phenolic OH excluding ortho intramolecular Hbond substituents is 1. The molecule has 0 aliphatic carbocycles. The molecule has 2 aromatic rings. The third-order valence-corrected chi connectivity index (χ3v) is 3.55. The maximum absolute atomic E-state index is 11.0. The second kappa shape index (κ2) is 7.12. The maximum atomic E-state index is 11.0. The summed E-state index contributed by atoms with van der Waals surface area (Å²) in [5.74, 6) is 1.33. The molecule has 0 saturated heterocycles. The van der Waals surface area contributed by atoms with Crippen molar-refractivity contribution in [3.05, 3.63) is 59.7 Å². The minimum atomic E-state index is -0.315. The second-order valence-electron chi connectivity index (χ2n) is 5.94. The van der Waals surface area contributed by atoms with Crippen LogP contribution in [0.1, 0.15) is 44.2 Å². The summed E-state index contributed by atoms with van der Waals surface area (Å²) in [5, 5.41) is 9.46. The molecule has 0 radical (unpaired) electrons. The topological polar surface area (TPSA) is 46.5 Å². The zero-order valence-corrected chi connectivity index (χ0v) is 13.2. The number of ether oxygens (including phenoxy) is 1. The third kappa shape index (κ3) is 4.35. The molecule has 0 amide bonds. The van der Waals surface area contributed by atoms with Crippen LogP contribution in [0.2, 0.25) is 0 Å². The van der Waals surface area contributed by atoms with E-state index in [9.17, 15) is 9.90 Å². The highest BCUT2D eigenvalue weighted by molar-refractivity contribution is 5.69. The van der Waals surface area contributed by atoms with Gasteiger partial charge in [0.05, 0.1) is 0 Å². The molecule has 0 unspecified atom stereocenters. The Morgan fingerprint density at radius 1 is 1.00 bits per heavy atom. The Morgan fingerprint density at radius 2 is 1.50 bits per heavy atom. The van der Waals surface area contributed by atoms with Crippen molar-refractivity contribution >= 4 is 5.97 Å². The summed E-state index contributed by atoms with van der Waals surface area (Å²) in [7, 11) is 0. The summed E-state index contributed by atoms with van der Waals surface area (Å²) in [6.45, 7) is 5.78. The number of hydrogen-bond acceptors (Lipinski definition) is 3. The van der Waals surface area contributed by atoms with Crippen LogP contribution in [0, 0.1) is 5.92 Å². The Morgan fingerprint density at radius 3 is 1.95 bits per heavy atom. The van der Waals surface area contributed by atoms with Gasteiger partial charge >= 0.3 is 5.97 Å². The Kier molecular flexibility index (Phi) is 5.21. The first-order chi connectivity index (χ1) is 10.5. The predicted octanol–water partition coefficient (Wildman–Crippen LogP) is 4.50. The minimum absolute atomic E-state index is 0.256. The van der Waals surface area contributed by atoms with E-state index in [4.69, 9.17) is 4.74 Å². The van der Waals surface area contributed by atoms with E-state index in [-0.39, 0.29) is 17.6 Å². The molecule has 0 aromatic heterocycles. The van der Waals surface area contributed by atoms with E-state index in [1.807, 2.05) is 36.4 Å². The van der Waals surface area contributed by atoms with Crippen molar-refractivity contribution in [2.45, 2.75) is 33.1 Å². The highest BCUT2D eigenvalue weighted by Gasteiger charge is 2.16. The second-order valence-corrected chi connectivity index (χ2v) is 5.94. The number of benzene rings is 2. The van der Waals surface area contributed by atoms with Gasteiger partial charge in [0.1, 0.15) is 11.5 Å². The normalized spacial score (nSPS) is 12.2. The zero-order chi connectivity index (χ0) is 16.1. The van der Waals surface area contributed by atoms with E-state index >= 15 is 0 Å². The van der Waals surface area contributed by atoms with Gasteiger partial charge in [0.15, 0.2) is 0 Å². The van der Waals surface area contributed by atoms with Crippen LogP contribution in [0.25, 0.3) is 0 Å². The van der Waals surface area contributed by atoms with Crippen molar-refractivity contribution in [1.29, 1.82) is 0 Å². The fourth-order valence-corrected chi connectivity index (χ4v) is 2.58. The first kappa shape index (κ1) is 16.1. The maximum Gasteiger partial charge on any atom is 0.308 e. The van der Waals surface area contributed by atoms with Gasteiger partial charge in [0.25, 0.3) is 0 Å². The van der Waals surface area contributed by atoms with Crippen LogP contribution in [0.5, 0.6) is 11.5 Å². The Labute approximate surface area is 131 Å². The lowest BCUT2D eigenvalue weighted by Crippen LogP contribution is -2.06. The lowest BCUT2D eigenvalue weighted by Gasteiger charge is -2.20. The SMILES string of the molecule is CC(=O)Oc1ccc([C@H](CC(C)C)c2ccc(O)cc2)cc1. The lowest BCUT2D eigenvalue weighted by atomic mass is 9.84. The summed E-state index contributed by atoms with van der Waals surface area (Å²) in [6.07, 6.45) is 1.01. The van der Waals surface area contributed by atoms with Gasteiger partial charge < -0.3 is 9.84 Å². The molecular weight excluding hydrogens is 276 g/mol. The molecule has 0 bridgehead atoms. The van der Waals surface area contributed by atoms with Gasteiger partial charge in [0.2, 0.25) is 0 Å². The number of carbonyl (C=O) groups is 1. The molecule has 0 aliphatic rings. The molecule has 3 nitrogen and oxygen atoms in total. The van der Waals surface area contributed by atoms with Gasteiger partial charge in [-0.15, -0.1) is 0 Å². The van der Waals surface area contributed by atoms with E-state index in [1.54, 1.807) is 12.1 Å². The number of rotatable bonds is 5. The fraction of sp³-hybridized carbons (Fsp3) is 0.316. The monoisotopic (exact) mass is 298 g/mol. The molecule has 116 valence electrons. The smallest absolute Gasteiger partial charge is 0.308 e. The van der Waals surface area contributed by atoms with Gasteiger partial charge in [0, 0.05) is 12.8 Å². The van der Waals surface area contributed by atoms with Crippen LogP contribution >= 0.6 is 0 Å². The molecule has 1 N–H and O–H groups in total. The Bertz CT molecular complexity index is 612. The van der Waals surface area contributed by atoms with Crippen molar-refractivity contribution < 1.29 is 14.6 Å². The third-order valence-electron chi connectivity index (χ3n) is 3.55. The standard InChI is InChI=1S/C19H22O3/c1-13(2)12-19(15-4-8-17(21)9-5-15)16-6-10-18(11-7-16)22-14(3)20/h4-11,13,19,21H,12H2,1-3H3/t19-/m1/s1. The van der Waals surface area contributed by atoms with Crippen LogP contribution in [-0.4, -0.2) is 11.1 Å². The van der Waals surface area contributed by atoms with Crippen molar-refractivity contribution in [3.63, 3.8) is 0 Å². The number of esters is 1. The minimum Gasteiger partial charge on any atom is -0.508 e. The van der Waals surface area contributed by atoms with Gasteiger partial charge in [-0.1, -0.05) is 38.1 Å². The summed E-state index contributed by atoms with van der Waals surface area (Å²) in [4.78, 5) is 11.0. The van der Waals surface area contributed by atoms with E-state index in [0.717, 1.165) is 6.42 Å². The molecule has 22 heavy (non-hydrogen) atoms.